The number of rotatable bonds is 9. The summed E-state index contributed by atoms with van der Waals surface area (Å²) in [5.74, 6) is 0.247. The van der Waals surface area contributed by atoms with Gasteiger partial charge in [-0.05, 0) is 61.7 Å². The average molecular weight is 509 g/mol. The highest BCUT2D eigenvalue weighted by Gasteiger charge is 2.21. The maximum Gasteiger partial charge on any atom is 0.331 e. The van der Waals surface area contributed by atoms with E-state index in [2.05, 4.69) is 10.3 Å². The van der Waals surface area contributed by atoms with Gasteiger partial charge in [0.1, 0.15) is 11.3 Å². The van der Waals surface area contributed by atoms with Crippen LogP contribution >= 0.6 is 11.6 Å². The van der Waals surface area contributed by atoms with Gasteiger partial charge in [0, 0.05) is 18.8 Å². The van der Waals surface area contributed by atoms with Gasteiger partial charge >= 0.3 is 5.69 Å². The zero-order valence-corrected chi connectivity index (χ0v) is 21.3. The first-order valence-electron chi connectivity index (χ1n) is 12.0. The molecule has 0 saturated heterocycles. The lowest BCUT2D eigenvalue weighted by atomic mass is 10.1. The fourth-order valence-electron chi connectivity index (χ4n) is 4.09. The van der Waals surface area contributed by atoms with Crippen molar-refractivity contribution >= 4 is 34.2 Å². The van der Waals surface area contributed by atoms with Gasteiger partial charge in [-0.3, -0.25) is 18.7 Å². The quantitative estimate of drug-likeness (QED) is 0.334. The predicted octanol–water partition coefficient (Wildman–Crippen LogP) is 4.96. The average Bonchev–Trinajstić information content (AvgIpc) is 3.22. The van der Waals surface area contributed by atoms with E-state index in [1.54, 1.807) is 28.8 Å². The molecule has 0 aliphatic heterocycles. The Balaban J connectivity index is 1.57. The summed E-state index contributed by atoms with van der Waals surface area (Å²) in [4.78, 5) is 41.4. The van der Waals surface area contributed by atoms with Gasteiger partial charge in [-0.25, -0.2) is 4.79 Å². The van der Waals surface area contributed by atoms with Gasteiger partial charge in [0.2, 0.25) is 0 Å². The van der Waals surface area contributed by atoms with Gasteiger partial charge in [-0.1, -0.05) is 43.1 Å². The van der Waals surface area contributed by atoms with Crippen LogP contribution in [-0.4, -0.2) is 26.6 Å². The fourth-order valence-corrected chi connectivity index (χ4v) is 4.44. The summed E-state index contributed by atoms with van der Waals surface area (Å²) in [6.07, 6.45) is 1.39. The second-order valence-electron chi connectivity index (χ2n) is 8.66. The van der Waals surface area contributed by atoms with Crippen LogP contribution in [0.5, 0.6) is 5.75 Å². The number of aryl methyl sites for hydroxylation is 2. The number of aromatic nitrogens is 3. The molecule has 2 heterocycles. The number of fused-ring (bicyclic) bond motifs is 1. The SMILES string of the molecule is CCCn1c(=O)c2[nH]c(-c3ccc(OCC(=O)Nc4ccc(C)cc4)cc3)c(Cl)c2n(CCC)c1=O. The molecule has 0 bridgehead atoms. The monoisotopic (exact) mass is 508 g/mol. The highest BCUT2D eigenvalue weighted by Crippen LogP contribution is 2.33. The summed E-state index contributed by atoms with van der Waals surface area (Å²) < 4.78 is 8.44. The summed E-state index contributed by atoms with van der Waals surface area (Å²) >= 11 is 6.71. The molecule has 0 atom stereocenters. The van der Waals surface area contributed by atoms with Crippen molar-refractivity contribution in [1.82, 2.24) is 14.1 Å². The molecule has 9 heteroatoms. The molecular formula is C27H29ClN4O4. The lowest BCUT2D eigenvalue weighted by Crippen LogP contribution is -2.40. The molecule has 0 fully saturated rings. The van der Waals surface area contributed by atoms with E-state index in [0.717, 1.165) is 17.5 Å². The van der Waals surface area contributed by atoms with E-state index in [1.165, 1.54) is 4.57 Å². The first kappa shape index (κ1) is 25.3. The molecule has 0 aliphatic rings. The molecule has 36 heavy (non-hydrogen) atoms. The standard InChI is InChI=1S/C27H29ClN4O4/c1-4-14-31-25-22(28)23(30-24(25)26(34)32(15-5-2)27(31)35)18-8-12-20(13-9-18)36-16-21(33)29-19-10-6-17(3)7-11-19/h6-13,30H,4-5,14-16H2,1-3H3,(H,29,33). The number of hydrogen-bond donors (Lipinski definition) is 2. The number of amides is 1. The minimum Gasteiger partial charge on any atom is -0.484 e. The number of benzene rings is 2. The van der Waals surface area contributed by atoms with Gasteiger partial charge in [-0.2, -0.15) is 0 Å². The predicted molar refractivity (Wildman–Crippen MR) is 143 cm³/mol. The van der Waals surface area contributed by atoms with E-state index in [4.69, 9.17) is 16.3 Å². The third kappa shape index (κ3) is 5.09. The first-order chi connectivity index (χ1) is 17.3. The largest absolute Gasteiger partial charge is 0.484 e. The number of nitrogens with one attached hydrogen (secondary N) is 2. The highest BCUT2D eigenvalue weighted by atomic mass is 35.5. The van der Waals surface area contributed by atoms with E-state index in [-0.39, 0.29) is 23.8 Å². The van der Waals surface area contributed by atoms with Crippen LogP contribution in [0, 0.1) is 6.92 Å². The van der Waals surface area contributed by atoms with Crippen LogP contribution in [0.2, 0.25) is 5.02 Å². The van der Waals surface area contributed by atoms with Gasteiger partial charge < -0.3 is 15.0 Å². The second-order valence-corrected chi connectivity index (χ2v) is 9.03. The van der Waals surface area contributed by atoms with Crippen LogP contribution in [0.4, 0.5) is 5.69 Å². The first-order valence-corrected chi connectivity index (χ1v) is 12.4. The topological polar surface area (TPSA) is 98.1 Å². The summed E-state index contributed by atoms with van der Waals surface area (Å²) in [7, 11) is 0. The molecule has 4 rings (SSSR count). The smallest absolute Gasteiger partial charge is 0.331 e. The Kier molecular flexibility index (Phi) is 7.64. The van der Waals surface area contributed by atoms with Crippen molar-refractivity contribution in [3.8, 4) is 17.0 Å². The third-order valence-electron chi connectivity index (χ3n) is 5.85. The zero-order chi connectivity index (χ0) is 25.8. The molecule has 0 aliphatic carbocycles. The van der Waals surface area contributed by atoms with Crippen LogP contribution in [0.25, 0.3) is 22.3 Å². The lowest BCUT2D eigenvalue weighted by Gasteiger charge is -2.11. The number of ether oxygens (including phenoxy) is 1. The van der Waals surface area contributed by atoms with Crippen molar-refractivity contribution in [1.29, 1.82) is 0 Å². The lowest BCUT2D eigenvalue weighted by molar-refractivity contribution is -0.118. The van der Waals surface area contributed by atoms with Gasteiger partial charge in [0.05, 0.1) is 16.2 Å². The Labute approximate surface area is 213 Å². The summed E-state index contributed by atoms with van der Waals surface area (Å²) in [5, 5.41) is 3.11. The summed E-state index contributed by atoms with van der Waals surface area (Å²) in [5.41, 5.74) is 3.09. The van der Waals surface area contributed by atoms with Crippen molar-refractivity contribution in [3.05, 3.63) is 80.0 Å². The number of H-pyrrole nitrogens is 1. The Bertz CT molecular complexity index is 1500. The highest BCUT2D eigenvalue weighted by molar-refractivity contribution is 6.38. The fraction of sp³-hybridized carbons (Fsp3) is 0.296. The number of hydrogen-bond acceptors (Lipinski definition) is 4. The molecular weight excluding hydrogens is 480 g/mol. The molecule has 2 aromatic carbocycles. The van der Waals surface area contributed by atoms with Crippen molar-refractivity contribution in [2.75, 3.05) is 11.9 Å². The number of nitrogens with zero attached hydrogens (tertiary/aromatic N) is 2. The van der Waals surface area contributed by atoms with E-state index < -0.39 is 0 Å². The molecule has 0 unspecified atom stereocenters. The Morgan fingerprint density at radius 3 is 2.25 bits per heavy atom. The summed E-state index contributed by atoms with van der Waals surface area (Å²) in [6, 6.07) is 14.5. The maximum absolute atomic E-state index is 13.0. The summed E-state index contributed by atoms with van der Waals surface area (Å²) in [6.45, 7) is 6.52. The molecule has 1 amide bonds. The van der Waals surface area contributed by atoms with Crippen LogP contribution in [-0.2, 0) is 17.9 Å². The molecule has 4 aromatic rings. The number of carbonyl (C=O) groups excluding carboxylic acids is 1. The molecule has 2 N–H and O–H groups in total. The van der Waals surface area contributed by atoms with Gasteiger partial charge in [0.25, 0.3) is 11.5 Å². The van der Waals surface area contributed by atoms with Crippen LogP contribution < -0.4 is 21.3 Å². The Morgan fingerprint density at radius 1 is 0.972 bits per heavy atom. The molecule has 8 nitrogen and oxygen atoms in total. The Hall–Kier alpha value is -3.78. The van der Waals surface area contributed by atoms with Crippen molar-refractivity contribution in [3.63, 3.8) is 0 Å². The molecule has 0 radical (unpaired) electrons. The molecule has 0 spiro atoms. The van der Waals surface area contributed by atoms with Gasteiger partial charge in [-0.15, -0.1) is 0 Å². The van der Waals surface area contributed by atoms with Crippen LogP contribution in [0.3, 0.4) is 0 Å². The van der Waals surface area contributed by atoms with E-state index in [0.29, 0.717) is 52.7 Å². The molecule has 2 aromatic heterocycles. The second kappa shape index (κ2) is 10.9. The van der Waals surface area contributed by atoms with E-state index >= 15 is 0 Å². The third-order valence-corrected chi connectivity index (χ3v) is 6.22. The minimum atomic E-state index is -0.378. The van der Waals surface area contributed by atoms with Crippen molar-refractivity contribution < 1.29 is 9.53 Å². The van der Waals surface area contributed by atoms with E-state index in [9.17, 15) is 14.4 Å². The normalized spacial score (nSPS) is 11.1. The number of carbonyl (C=O) groups is 1. The van der Waals surface area contributed by atoms with Crippen molar-refractivity contribution in [2.24, 2.45) is 0 Å². The van der Waals surface area contributed by atoms with Crippen LogP contribution in [0.1, 0.15) is 32.3 Å². The number of halogens is 1. The zero-order valence-electron chi connectivity index (χ0n) is 20.6. The Morgan fingerprint density at radius 2 is 1.61 bits per heavy atom. The maximum atomic E-state index is 13.0. The molecule has 0 saturated carbocycles. The van der Waals surface area contributed by atoms with Crippen molar-refractivity contribution in [2.45, 2.75) is 46.7 Å². The van der Waals surface area contributed by atoms with Gasteiger partial charge in [0.15, 0.2) is 6.61 Å². The molecule has 188 valence electrons. The van der Waals surface area contributed by atoms with E-state index in [1.807, 2.05) is 45.0 Å². The number of anilines is 1. The minimum absolute atomic E-state index is 0.138. The van der Waals surface area contributed by atoms with Crippen LogP contribution in [0.15, 0.2) is 58.1 Å². The number of aromatic amines is 1.